The van der Waals surface area contributed by atoms with Gasteiger partial charge in [0, 0.05) is 25.3 Å². The Morgan fingerprint density at radius 2 is 1.95 bits per heavy atom. The minimum Gasteiger partial charge on any atom is -0.370 e. The van der Waals surface area contributed by atoms with Gasteiger partial charge in [-0.1, -0.05) is 38.0 Å². The van der Waals surface area contributed by atoms with Crippen LogP contribution in [0.1, 0.15) is 36.7 Å². The zero-order valence-corrected chi connectivity index (χ0v) is 13.1. The number of amides is 1. The smallest absolute Gasteiger partial charge is 0.276 e. The Hall–Kier alpha value is -2.43. The van der Waals surface area contributed by atoms with Crippen LogP contribution in [0.2, 0.25) is 0 Å². The van der Waals surface area contributed by atoms with Crippen molar-refractivity contribution in [2.45, 2.75) is 26.2 Å². The zero-order valence-electron chi connectivity index (χ0n) is 13.1. The summed E-state index contributed by atoms with van der Waals surface area (Å²) in [4.78, 5) is 22.3. The highest BCUT2D eigenvalue weighted by Gasteiger charge is 2.15. The molecule has 0 fully saturated rings. The van der Waals surface area contributed by atoms with Gasteiger partial charge < -0.3 is 10.2 Å². The van der Waals surface area contributed by atoms with Crippen molar-refractivity contribution < 1.29 is 4.79 Å². The van der Waals surface area contributed by atoms with Gasteiger partial charge in [0.1, 0.15) is 17.8 Å². The van der Waals surface area contributed by atoms with Gasteiger partial charge in [0.2, 0.25) is 0 Å². The minimum absolute atomic E-state index is 0.148. The van der Waals surface area contributed by atoms with E-state index in [4.69, 9.17) is 0 Å². The predicted molar refractivity (Wildman–Crippen MR) is 89.2 cm³/mol. The van der Waals surface area contributed by atoms with Crippen LogP contribution in [-0.4, -0.2) is 29.5 Å². The molecule has 1 aromatic heterocycles. The molecule has 116 valence electrons. The van der Waals surface area contributed by atoms with Gasteiger partial charge in [-0.3, -0.25) is 4.79 Å². The third-order valence-corrected chi connectivity index (χ3v) is 3.42. The maximum absolute atomic E-state index is 12.5. The molecule has 5 nitrogen and oxygen atoms in total. The Bertz CT molecular complexity index is 601. The molecular weight excluding hydrogens is 276 g/mol. The van der Waals surface area contributed by atoms with E-state index >= 15 is 0 Å². The first-order valence-electron chi connectivity index (χ1n) is 7.61. The van der Waals surface area contributed by atoms with Crippen molar-refractivity contribution in [3.63, 3.8) is 0 Å². The summed E-state index contributed by atoms with van der Waals surface area (Å²) in [7, 11) is 1.74. The van der Waals surface area contributed by atoms with E-state index in [1.54, 1.807) is 18.0 Å². The van der Waals surface area contributed by atoms with Crippen molar-refractivity contribution in [1.29, 1.82) is 0 Å². The highest BCUT2D eigenvalue weighted by atomic mass is 16.2. The first-order chi connectivity index (χ1) is 10.7. The van der Waals surface area contributed by atoms with Crippen LogP contribution in [0, 0.1) is 0 Å². The Balaban J connectivity index is 2.03. The monoisotopic (exact) mass is 298 g/mol. The molecule has 22 heavy (non-hydrogen) atoms. The van der Waals surface area contributed by atoms with Gasteiger partial charge in [-0.2, -0.15) is 0 Å². The van der Waals surface area contributed by atoms with Crippen molar-refractivity contribution in [2.75, 3.05) is 23.8 Å². The number of nitrogens with zero attached hydrogens (tertiary/aromatic N) is 3. The van der Waals surface area contributed by atoms with Crippen molar-refractivity contribution in [3.8, 4) is 0 Å². The van der Waals surface area contributed by atoms with Gasteiger partial charge in [0.25, 0.3) is 5.91 Å². The fraction of sp³-hybridized carbons (Fsp3) is 0.353. The average Bonchev–Trinajstić information content (AvgIpc) is 2.58. The van der Waals surface area contributed by atoms with E-state index in [9.17, 15) is 4.79 Å². The van der Waals surface area contributed by atoms with Crippen LogP contribution in [0.15, 0.2) is 42.7 Å². The molecule has 0 radical (unpaired) electrons. The maximum Gasteiger partial charge on any atom is 0.276 e. The Kier molecular flexibility index (Phi) is 5.89. The SMILES string of the molecule is CCCCCNc1cc(C(=O)N(C)c2ccccc2)ncn1. The van der Waals surface area contributed by atoms with Gasteiger partial charge in [-0.25, -0.2) is 9.97 Å². The van der Waals surface area contributed by atoms with Gasteiger partial charge in [0.15, 0.2) is 0 Å². The maximum atomic E-state index is 12.5. The fourth-order valence-electron chi connectivity index (χ4n) is 2.10. The molecule has 1 amide bonds. The third-order valence-electron chi connectivity index (χ3n) is 3.42. The molecule has 2 aromatic rings. The van der Waals surface area contributed by atoms with Crippen LogP contribution in [-0.2, 0) is 0 Å². The van der Waals surface area contributed by atoms with Crippen LogP contribution in [0.5, 0.6) is 0 Å². The summed E-state index contributed by atoms with van der Waals surface area (Å²) in [6, 6.07) is 11.2. The van der Waals surface area contributed by atoms with E-state index in [2.05, 4.69) is 22.2 Å². The number of unbranched alkanes of at least 4 members (excludes halogenated alkanes) is 2. The summed E-state index contributed by atoms with van der Waals surface area (Å²) in [5.41, 5.74) is 1.22. The van der Waals surface area contributed by atoms with Gasteiger partial charge in [0.05, 0.1) is 0 Å². The number of hydrogen-bond donors (Lipinski definition) is 1. The quantitative estimate of drug-likeness (QED) is 0.796. The molecule has 0 unspecified atom stereocenters. The number of carbonyl (C=O) groups excluding carboxylic acids is 1. The molecule has 1 heterocycles. The first kappa shape index (κ1) is 15.9. The summed E-state index contributed by atoms with van der Waals surface area (Å²) in [6.07, 6.45) is 4.87. The number of hydrogen-bond acceptors (Lipinski definition) is 4. The van der Waals surface area contributed by atoms with Crippen molar-refractivity contribution in [3.05, 3.63) is 48.4 Å². The van der Waals surface area contributed by atoms with Crippen molar-refractivity contribution >= 4 is 17.4 Å². The topological polar surface area (TPSA) is 58.1 Å². The second kappa shape index (κ2) is 8.12. The van der Waals surface area contributed by atoms with E-state index < -0.39 is 0 Å². The third kappa shape index (κ3) is 4.28. The summed E-state index contributed by atoms with van der Waals surface area (Å²) in [5.74, 6) is 0.543. The van der Waals surface area contributed by atoms with E-state index in [0.29, 0.717) is 11.5 Å². The highest BCUT2D eigenvalue weighted by molar-refractivity contribution is 6.04. The first-order valence-corrected chi connectivity index (χ1v) is 7.61. The molecule has 0 bridgehead atoms. The molecule has 0 aliphatic carbocycles. The number of rotatable bonds is 7. The van der Waals surface area contributed by atoms with E-state index in [0.717, 1.165) is 18.7 Å². The summed E-state index contributed by atoms with van der Waals surface area (Å²) in [5, 5.41) is 3.23. The van der Waals surface area contributed by atoms with Gasteiger partial charge in [-0.15, -0.1) is 0 Å². The summed E-state index contributed by atoms with van der Waals surface area (Å²) >= 11 is 0. The predicted octanol–water partition coefficient (Wildman–Crippen LogP) is 3.36. The normalized spacial score (nSPS) is 10.3. The Labute approximate surface area is 131 Å². The van der Waals surface area contributed by atoms with Crippen molar-refractivity contribution in [2.24, 2.45) is 0 Å². The van der Waals surface area contributed by atoms with Crippen LogP contribution < -0.4 is 10.2 Å². The molecule has 5 heteroatoms. The number of carbonyl (C=O) groups is 1. The minimum atomic E-state index is -0.148. The second-order valence-electron chi connectivity index (χ2n) is 5.12. The summed E-state index contributed by atoms with van der Waals surface area (Å²) in [6.45, 7) is 3.02. The number of benzene rings is 1. The number of anilines is 2. The zero-order chi connectivity index (χ0) is 15.8. The fourth-order valence-corrected chi connectivity index (χ4v) is 2.10. The summed E-state index contributed by atoms with van der Waals surface area (Å²) < 4.78 is 0. The molecule has 0 spiro atoms. The molecular formula is C17H22N4O. The highest BCUT2D eigenvalue weighted by Crippen LogP contribution is 2.15. The lowest BCUT2D eigenvalue weighted by atomic mass is 10.2. The largest absolute Gasteiger partial charge is 0.370 e. The number of nitrogens with one attached hydrogen (secondary N) is 1. The molecule has 0 aliphatic rings. The molecule has 0 atom stereocenters. The van der Waals surface area contributed by atoms with E-state index in [1.807, 2.05) is 30.3 Å². The lowest BCUT2D eigenvalue weighted by molar-refractivity contribution is 0.0988. The Morgan fingerprint density at radius 1 is 1.18 bits per heavy atom. The molecule has 0 saturated heterocycles. The molecule has 0 saturated carbocycles. The van der Waals surface area contributed by atoms with E-state index in [1.165, 1.54) is 19.2 Å². The molecule has 1 aromatic carbocycles. The standard InChI is InChI=1S/C17H22N4O/c1-3-4-8-11-18-16-12-15(19-13-20-16)17(22)21(2)14-9-6-5-7-10-14/h5-7,9-10,12-13H,3-4,8,11H2,1-2H3,(H,18,19,20). The molecule has 1 N–H and O–H groups in total. The molecule has 0 aliphatic heterocycles. The second-order valence-corrected chi connectivity index (χ2v) is 5.12. The van der Waals surface area contributed by atoms with Crippen LogP contribution in [0.25, 0.3) is 0 Å². The van der Waals surface area contributed by atoms with Gasteiger partial charge >= 0.3 is 0 Å². The average molecular weight is 298 g/mol. The van der Waals surface area contributed by atoms with Crippen LogP contribution >= 0.6 is 0 Å². The lowest BCUT2D eigenvalue weighted by Crippen LogP contribution is -2.27. The van der Waals surface area contributed by atoms with Crippen molar-refractivity contribution in [1.82, 2.24) is 9.97 Å². The van der Waals surface area contributed by atoms with Crippen LogP contribution in [0.3, 0.4) is 0 Å². The molecule has 2 rings (SSSR count). The van der Waals surface area contributed by atoms with Gasteiger partial charge in [-0.05, 0) is 18.6 Å². The number of aromatic nitrogens is 2. The van der Waals surface area contributed by atoms with E-state index in [-0.39, 0.29) is 5.91 Å². The lowest BCUT2D eigenvalue weighted by Gasteiger charge is -2.17. The Morgan fingerprint density at radius 3 is 2.68 bits per heavy atom. The van der Waals surface area contributed by atoms with Crippen LogP contribution in [0.4, 0.5) is 11.5 Å². The number of para-hydroxylation sites is 1.